The number of ether oxygens (including phenoxy) is 1. The summed E-state index contributed by atoms with van der Waals surface area (Å²) >= 11 is 0. The largest absolute Gasteiger partial charge is 0.444 e. The lowest BCUT2D eigenvalue weighted by Crippen LogP contribution is -2.35. The minimum Gasteiger partial charge on any atom is -0.444 e. The minimum atomic E-state index is -1.58. The minimum absolute atomic E-state index is 0.0000353. The number of carbonyl (C=O) groups excluding carboxylic acids is 1. The molecule has 24 heavy (non-hydrogen) atoms. The Balaban J connectivity index is 1.97. The van der Waals surface area contributed by atoms with Gasteiger partial charge >= 0.3 is 11.8 Å². The maximum absolute atomic E-state index is 12.4. The van der Waals surface area contributed by atoms with Gasteiger partial charge in [0.1, 0.15) is 5.60 Å². The Morgan fingerprint density at radius 3 is 2.88 bits per heavy atom. The zero-order valence-corrected chi connectivity index (χ0v) is 14.7. The smallest absolute Gasteiger partial charge is 0.410 e. The molecular weight excluding hydrogens is 334 g/mol. The lowest BCUT2D eigenvalue weighted by Gasteiger charge is -2.24. The summed E-state index contributed by atoms with van der Waals surface area (Å²) in [5, 5.41) is 11.0. The Morgan fingerprint density at radius 1 is 1.54 bits per heavy atom. The summed E-state index contributed by atoms with van der Waals surface area (Å²) in [6.07, 6.45) is 1.69. The highest BCUT2D eigenvalue weighted by Gasteiger charge is 2.32. The predicted molar refractivity (Wildman–Crippen MR) is 88.1 cm³/mol. The molecule has 2 atom stereocenters. The van der Waals surface area contributed by atoms with Gasteiger partial charge in [-0.15, -0.1) is 0 Å². The number of hydrogen-bond acceptors (Lipinski definition) is 6. The third-order valence-electron chi connectivity index (χ3n) is 3.49. The highest BCUT2D eigenvalue weighted by molar-refractivity contribution is 7.85. The molecule has 0 radical (unpaired) electrons. The van der Waals surface area contributed by atoms with Crippen LogP contribution in [-0.2, 0) is 15.5 Å². The molecule has 1 amide bonds. The van der Waals surface area contributed by atoms with Crippen LogP contribution in [0.25, 0.3) is 0 Å². The van der Waals surface area contributed by atoms with Crippen LogP contribution in [0.5, 0.6) is 0 Å². The average Bonchev–Trinajstić information content (AvgIpc) is 2.94. The topological polar surface area (TPSA) is 103 Å². The first-order valence-corrected chi connectivity index (χ1v) is 8.95. The maximum Gasteiger partial charge on any atom is 0.410 e. The van der Waals surface area contributed by atoms with Gasteiger partial charge in [0.2, 0.25) is 5.03 Å². The quantitative estimate of drug-likeness (QED) is 0.607. The molecule has 1 aliphatic heterocycles. The molecule has 0 saturated carbocycles. The molecule has 2 rings (SSSR count). The number of aromatic nitrogens is 1. The number of carbonyl (C=O) groups is 1. The fourth-order valence-corrected chi connectivity index (χ4v) is 3.86. The van der Waals surface area contributed by atoms with Gasteiger partial charge in [-0.05, 0) is 39.2 Å². The predicted octanol–water partition coefficient (Wildman–Crippen LogP) is 2.35. The van der Waals surface area contributed by atoms with Gasteiger partial charge in [-0.25, -0.2) is 9.78 Å². The van der Waals surface area contributed by atoms with E-state index >= 15 is 0 Å². The Bertz CT molecular complexity index is 659. The summed E-state index contributed by atoms with van der Waals surface area (Å²) in [5.41, 5.74) is -0.801. The number of pyridine rings is 1. The lowest BCUT2D eigenvalue weighted by atomic mass is 10.2. The lowest BCUT2D eigenvalue weighted by molar-refractivity contribution is -0.388. The van der Waals surface area contributed by atoms with Crippen LogP contribution < -0.4 is 0 Å². The summed E-state index contributed by atoms with van der Waals surface area (Å²) < 4.78 is 17.8. The van der Waals surface area contributed by atoms with E-state index < -0.39 is 21.3 Å². The molecule has 8 nitrogen and oxygen atoms in total. The fourth-order valence-electron chi connectivity index (χ4n) is 2.45. The van der Waals surface area contributed by atoms with E-state index in [2.05, 4.69) is 4.98 Å². The molecule has 1 aromatic heterocycles. The second-order valence-electron chi connectivity index (χ2n) is 6.68. The average molecular weight is 355 g/mol. The molecule has 1 saturated heterocycles. The molecule has 0 aromatic carbocycles. The second kappa shape index (κ2) is 7.25. The third kappa shape index (κ3) is 4.73. The summed E-state index contributed by atoms with van der Waals surface area (Å²) in [5.74, 6) is 0.233. The molecule has 1 aromatic rings. The summed E-state index contributed by atoms with van der Waals surface area (Å²) in [6.45, 7) is 6.36. The molecule has 0 aliphatic carbocycles. The molecule has 9 heteroatoms. The highest BCUT2D eigenvalue weighted by Crippen LogP contribution is 2.24. The van der Waals surface area contributed by atoms with Crippen molar-refractivity contribution in [1.29, 1.82) is 0 Å². The first-order valence-electron chi connectivity index (χ1n) is 7.63. The van der Waals surface area contributed by atoms with Gasteiger partial charge in [0.05, 0.1) is 15.7 Å². The Labute approximate surface area is 142 Å². The van der Waals surface area contributed by atoms with E-state index in [0.29, 0.717) is 19.5 Å². The van der Waals surface area contributed by atoms with Crippen molar-refractivity contribution in [2.75, 3.05) is 18.8 Å². The third-order valence-corrected chi connectivity index (χ3v) is 5.01. The molecule has 132 valence electrons. The first kappa shape index (κ1) is 18.3. The summed E-state index contributed by atoms with van der Waals surface area (Å²) in [4.78, 5) is 27.9. The number of nitro groups is 1. The molecule has 0 N–H and O–H groups in total. The monoisotopic (exact) mass is 355 g/mol. The number of rotatable bonds is 4. The number of hydrogen-bond donors (Lipinski definition) is 0. The van der Waals surface area contributed by atoms with E-state index in [0.717, 1.165) is 0 Å². The first-order chi connectivity index (χ1) is 11.2. The van der Waals surface area contributed by atoms with Gasteiger partial charge in [-0.3, -0.25) is 14.3 Å². The van der Waals surface area contributed by atoms with Crippen LogP contribution >= 0.6 is 0 Å². The van der Waals surface area contributed by atoms with Crippen LogP contribution in [0, 0.1) is 16.0 Å². The van der Waals surface area contributed by atoms with Crippen LogP contribution in [0.4, 0.5) is 10.5 Å². The van der Waals surface area contributed by atoms with E-state index in [-0.39, 0.29) is 28.5 Å². The van der Waals surface area contributed by atoms with E-state index in [1.54, 1.807) is 25.7 Å². The molecule has 1 aliphatic rings. The van der Waals surface area contributed by atoms with Crippen molar-refractivity contribution in [3.63, 3.8) is 0 Å². The van der Waals surface area contributed by atoms with Crippen LogP contribution in [0.2, 0.25) is 0 Å². The van der Waals surface area contributed by atoms with Gasteiger partial charge in [-0.2, -0.15) is 0 Å². The Morgan fingerprint density at radius 2 is 2.25 bits per heavy atom. The molecule has 0 spiro atoms. The molecule has 0 unspecified atom stereocenters. The van der Waals surface area contributed by atoms with Crippen molar-refractivity contribution in [3.05, 3.63) is 28.4 Å². The van der Waals surface area contributed by atoms with Crippen molar-refractivity contribution in [2.45, 2.75) is 37.8 Å². The van der Waals surface area contributed by atoms with Crippen molar-refractivity contribution >= 4 is 22.6 Å². The Hall–Kier alpha value is -2.03. The van der Waals surface area contributed by atoms with Crippen molar-refractivity contribution in [2.24, 2.45) is 5.92 Å². The van der Waals surface area contributed by atoms with E-state index in [9.17, 15) is 19.1 Å². The molecule has 2 heterocycles. The number of likely N-dealkylation sites (tertiary alicyclic amines) is 1. The van der Waals surface area contributed by atoms with Crippen LogP contribution in [-0.4, -0.2) is 49.6 Å². The van der Waals surface area contributed by atoms with Crippen LogP contribution in [0.15, 0.2) is 23.4 Å². The summed E-state index contributed by atoms with van der Waals surface area (Å²) in [6, 6.07) is 2.74. The number of amides is 1. The van der Waals surface area contributed by atoms with Crippen molar-refractivity contribution in [3.8, 4) is 0 Å². The van der Waals surface area contributed by atoms with E-state index in [1.807, 2.05) is 0 Å². The zero-order valence-electron chi connectivity index (χ0n) is 13.9. The highest BCUT2D eigenvalue weighted by atomic mass is 32.2. The van der Waals surface area contributed by atoms with Gasteiger partial charge in [0.25, 0.3) is 0 Å². The summed E-state index contributed by atoms with van der Waals surface area (Å²) in [7, 11) is -1.58. The van der Waals surface area contributed by atoms with Crippen molar-refractivity contribution < 1.29 is 18.7 Å². The van der Waals surface area contributed by atoms with E-state index in [1.165, 1.54) is 18.3 Å². The second-order valence-corrected chi connectivity index (χ2v) is 8.09. The Kier molecular flexibility index (Phi) is 5.53. The fraction of sp³-hybridized carbons (Fsp3) is 0.600. The van der Waals surface area contributed by atoms with Gasteiger partial charge < -0.3 is 9.64 Å². The standard InChI is InChI=1S/C15H21N3O5S/c1-15(2,3)23-14(19)17-8-6-11(9-17)10-24(22)13-12(18(20)21)5-4-7-16-13/h4-5,7,11H,6,8-10H2,1-3H3/t11-,24+/m0/s1. The van der Waals surface area contributed by atoms with Gasteiger partial charge in [0, 0.05) is 31.1 Å². The molecule has 1 fully saturated rings. The molecular formula is C15H21N3O5S. The molecule has 0 bridgehead atoms. The number of nitrogens with zero attached hydrogens (tertiary/aromatic N) is 3. The van der Waals surface area contributed by atoms with Gasteiger partial charge in [-0.1, -0.05) is 0 Å². The SMILES string of the molecule is CC(C)(C)OC(=O)N1CC[C@H](C[S@@](=O)c2ncccc2[N+](=O)[O-])C1. The van der Waals surface area contributed by atoms with Gasteiger partial charge in [0.15, 0.2) is 0 Å². The van der Waals surface area contributed by atoms with E-state index in [4.69, 9.17) is 4.74 Å². The van der Waals surface area contributed by atoms with Crippen molar-refractivity contribution in [1.82, 2.24) is 9.88 Å². The van der Waals surface area contributed by atoms with Crippen LogP contribution in [0.3, 0.4) is 0 Å². The van der Waals surface area contributed by atoms with Crippen LogP contribution in [0.1, 0.15) is 27.2 Å². The normalized spacial score (nSPS) is 19.1. The maximum atomic E-state index is 12.4. The zero-order chi connectivity index (χ0) is 17.9.